The topological polar surface area (TPSA) is 57.4 Å². The Morgan fingerprint density at radius 1 is 1.09 bits per heavy atom. The molecule has 0 spiro atoms. The van der Waals surface area contributed by atoms with Crippen LogP contribution in [0, 0.1) is 5.92 Å². The normalized spacial score (nSPS) is 20.3. The number of anilines is 1. The van der Waals surface area contributed by atoms with Crippen LogP contribution < -0.4 is 26.2 Å². The van der Waals surface area contributed by atoms with Gasteiger partial charge in [0.15, 0.2) is 10.2 Å². The van der Waals surface area contributed by atoms with Gasteiger partial charge in [0.25, 0.3) is 0 Å². The highest BCUT2D eigenvalue weighted by atomic mass is 32.1. The van der Waals surface area contributed by atoms with Gasteiger partial charge in [0.1, 0.15) is 5.75 Å². The zero-order valence-corrected chi connectivity index (χ0v) is 15.2. The Balaban J connectivity index is 1.76. The lowest BCUT2D eigenvalue weighted by molar-refractivity contribution is 0.308. The minimum absolute atomic E-state index is 0.426. The molecule has 1 saturated carbocycles. The van der Waals surface area contributed by atoms with E-state index in [0.717, 1.165) is 17.9 Å². The second-order valence-electron chi connectivity index (χ2n) is 5.75. The van der Waals surface area contributed by atoms with Crippen LogP contribution in [0.2, 0.25) is 0 Å². The molecular formula is C16H24N4OS2. The molecule has 2 rings (SSSR count). The van der Waals surface area contributed by atoms with Crippen molar-refractivity contribution in [1.82, 2.24) is 16.2 Å². The largest absolute Gasteiger partial charge is 0.495 e. The molecule has 0 radical (unpaired) electrons. The van der Waals surface area contributed by atoms with Gasteiger partial charge in [-0.05, 0) is 55.3 Å². The molecule has 1 aromatic carbocycles. The summed E-state index contributed by atoms with van der Waals surface area (Å²) < 4.78 is 5.28. The van der Waals surface area contributed by atoms with E-state index in [1.165, 1.54) is 19.3 Å². The van der Waals surface area contributed by atoms with Gasteiger partial charge in [-0.25, -0.2) is 0 Å². The van der Waals surface area contributed by atoms with Crippen LogP contribution in [0.4, 0.5) is 5.69 Å². The molecule has 1 aromatic rings. The van der Waals surface area contributed by atoms with Crippen LogP contribution in [0.3, 0.4) is 0 Å². The van der Waals surface area contributed by atoms with E-state index in [1.807, 2.05) is 24.3 Å². The van der Waals surface area contributed by atoms with Crippen LogP contribution in [0.15, 0.2) is 24.3 Å². The fourth-order valence-electron chi connectivity index (χ4n) is 2.75. The maximum Gasteiger partial charge on any atom is 0.189 e. The fourth-order valence-corrected chi connectivity index (χ4v) is 3.11. The molecule has 0 unspecified atom stereocenters. The van der Waals surface area contributed by atoms with Gasteiger partial charge >= 0.3 is 0 Å². The van der Waals surface area contributed by atoms with Gasteiger partial charge in [-0.3, -0.25) is 10.9 Å². The summed E-state index contributed by atoms with van der Waals surface area (Å²) in [5.41, 5.74) is 6.63. The standard InChI is InChI=1S/C16H24N4OS2/c1-11-7-3-4-8-12(11)17-15(22)19-20-16(23)18-13-9-5-6-10-14(13)21-2/h5-6,9-12H,3-4,7-8H2,1-2H3,(H2,17,19,22)(H2,18,20,23)/t11-,12-/m1/s1. The Hall–Kier alpha value is -1.60. The van der Waals surface area contributed by atoms with Crippen molar-refractivity contribution in [2.24, 2.45) is 5.92 Å². The summed E-state index contributed by atoms with van der Waals surface area (Å²) in [6.45, 7) is 2.26. The predicted octanol–water partition coefficient (Wildman–Crippen LogP) is 2.94. The van der Waals surface area contributed by atoms with E-state index in [2.05, 4.69) is 28.4 Å². The van der Waals surface area contributed by atoms with E-state index in [4.69, 9.17) is 29.2 Å². The molecule has 0 heterocycles. The summed E-state index contributed by atoms with van der Waals surface area (Å²) in [5.74, 6) is 1.37. The van der Waals surface area contributed by atoms with Gasteiger partial charge in [-0.1, -0.05) is 31.9 Å². The van der Waals surface area contributed by atoms with Gasteiger partial charge < -0.3 is 15.4 Å². The second kappa shape index (κ2) is 8.88. The average molecular weight is 353 g/mol. The third-order valence-corrected chi connectivity index (χ3v) is 4.50. The van der Waals surface area contributed by atoms with Crippen molar-refractivity contribution in [2.75, 3.05) is 12.4 Å². The van der Waals surface area contributed by atoms with Crippen LogP contribution in [-0.4, -0.2) is 23.4 Å². The van der Waals surface area contributed by atoms with Crippen LogP contribution in [0.25, 0.3) is 0 Å². The molecular weight excluding hydrogens is 328 g/mol. The number of hydrogen-bond donors (Lipinski definition) is 4. The molecule has 1 aliphatic rings. The molecule has 0 saturated heterocycles. The third-order valence-electron chi connectivity index (χ3n) is 4.07. The monoisotopic (exact) mass is 352 g/mol. The van der Waals surface area contributed by atoms with Gasteiger partial charge in [-0.2, -0.15) is 0 Å². The van der Waals surface area contributed by atoms with Gasteiger partial charge in [0.2, 0.25) is 0 Å². The highest BCUT2D eigenvalue weighted by Gasteiger charge is 2.21. The van der Waals surface area contributed by atoms with Gasteiger partial charge in [0.05, 0.1) is 12.8 Å². The van der Waals surface area contributed by atoms with E-state index in [-0.39, 0.29) is 0 Å². The minimum Gasteiger partial charge on any atom is -0.495 e. The van der Waals surface area contributed by atoms with Gasteiger partial charge in [0, 0.05) is 6.04 Å². The number of hydrogen-bond acceptors (Lipinski definition) is 3. The Bertz CT molecular complexity index is 553. The third kappa shape index (κ3) is 5.51. The zero-order chi connectivity index (χ0) is 16.7. The van der Waals surface area contributed by atoms with Crippen molar-refractivity contribution in [1.29, 1.82) is 0 Å². The summed E-state index contributed by atoms with van der Waals surface area (Å²) in [7, 11) is 1.62. The number of benzene rings is 1. The molecule has 4 N–H and O–H groups in total. The summed E-state index contributed by atoms with van der Waals surface area (Å²) in [4.78, 5) is 0. The maximum absolute atomic E-state index is 5.32. The Kier molecular flexibility index (Phi) is 6.85. The van der Waals surface area contributed by atoms with E-state index < -0.39 is 0 Å². The number of rotatable bonds is 3. The highest BCUT2D eigenvalue weighted by Crippen LogP contribution is 2.24. The van der Waals surface area contributed by atoms with E-state index in [1.54, 1.807) is 7.11 Å². The summed E-state index contributed by atoms with van der Waals surface area (Å²) in [6.07, 6.45) is 4.98. The zero-order valence-electron chi connectivity index (χ0n) is 13.5. The molecule has 1 fully saturated rings. The first-order valence-corrected chi connectivity index (χ1v) is 8.68. The lowest BCUT2D eigenvalue weighted by atomic mass is 9.86. The maximum atomic E-state index is 5.32. The molecule has 2 atom stereocenters. The van der Waals surface area contributed by atoms with E-state index in [9.17, 15) is 0 Å². The first-order valence-electron chi connectivity index (χ1n) is 7.86. The number of thiocarbonyl (C=S) groups is 2. The number of methoxy groups -OCH3 is 1. The lowest BCUT2D eigenvalue weighted by Crippen LogP contribution is -2.52. The SMILES string of the molecule is COc1ccccc1NC(=S)NNC(=S)N[C@@H]1CCCC[C@H]1C. The predicted molar refractivity (Wildman–Crippen MR) is 103 cm³/mol. The van der Waals surface area contributed by atoms with Crippen molar-refractivity contribution in [3.8, 4) is 5.75 Å². The van der Waals surface area contributed by atoms with Crippen molar-refractivity contribution >= 4 is 40.3 Å². The van der Waals surface area contributed by atoms with Crippen LogP contribution in [0.1, 0.15) is 32.6 Å². The van der Waals surface area contributed by atoms with E-state index >= 15 is 0 Å². The molecule has 126 valence electrons. The minimum atomic E-state index is 0.426. The molecule has 23 heavy (non-hydrogen) atoms. The first-order chi connectivity index (χ1) is 11.1. The molecule has 0 aromatic heterocycles. The molecule has 0 amide bonds. The van der Waals surface area contributed by atoms with Crippen LogP contribution >= 0.6 is 24.4 Å². The van der Waals surface area contributed by atoms with Crippen molar-refractivity contribution in [3.63, 3.8) is 0 Å². The Morgan fingerprint density at radius 3 is 2.52 bits per heavy atom. The lowest BCUT2D eigenvalue weighted by Gasteiger charge is -2.30. The second-order valence-corrected chi connectivity index (χ2v) is 6.56. The summed E-state index contributed by atoms with van der Waals surface area (Å²) >= 11 is 10.6. The average Bonchev–Trinajstić information content (AvgIpc) is 2.55. The molecule has 1 aliphatic carbocycles. The molecule has 5 nitrogen and oxygen atoms in total. The molecule has 7 heteroatoms. The number of ether oxygens (including phenoxy) is 1. The first kappa shape index (κ1) is 17.7. The summed E-state index contributed by atoms with van der Waals surface area (Å²) in [5, 5.41) is 7.42. The van der Waals surface area contributed by atoms with E-state index in [0.29, 0.717) is 22.2 Å². The highest BCUT2D eigenvalue weighted by molar-refractivity contribution is 7.80. The number of nitrogens with one attached hydrogen (secondary N) is 4. The Morgan fingerprint density at radius 2 is 1.78 bits per heavy atom. The van der Waals surface area contributed by atoms with Crippen LogP contribution in [0.5, 0.6) is 5.75 Å². The smallest absolute Gasteiger partial charge is 0.189 e. The molecule has 0 aliphatic heterocycles. The van der Waals surface area contributed by atoms with Gasteiger partial charge in [-0.15, -0.1) is 0 Å². The summed E-state index contributed by atoms with van der Waals surface area (Å²) in [6, 6.07) is 8.02. The van der Waals surface area contributed by atoms with Crippen molar-refractivity contribution in [3.05, 3.63) is 24.3 Å². The Labute approximate surface area is 148 Å². The number of hydrazine groups is 1. The van der Waals surface area contributed by atoms with Crippen molar-refractivity contribution < 1.29 is 4.74 Å². The molecule has 0 bridgehead atoms. The fraction of sp³-hybridized carbons (Fsp3) is 0.500. The number of para-hydroxylation sites is 2. The van der Waals surface area contributed by atoms with Crippen molar-refractivity contribution in [2.45, 2.75) is 38.6 Å². The van der Waals surface area contributed by atoms with Crippen LogP contribution in [-0.2, 0) is 0 Å². The quantitative estimate of drug-likeness (QED) is 0.493.